The Kier molecular flexibility index (Phi) is 2.59. The molecule has 0 spiro atoms. The lowest BCUT2D eigenvalue weighted by molar-refractivity contribution is 0.321. The first kappa shape index (κ1) is 9.97. The van der Waals surface area contributed by atoms with E-state index in [1.54, 1.807) is 6.07 Å². The second-order valence-corrected chi connectivity index (χ2v) is 3.70. The summed E-state index contributed by atoms with van der Waals surface area (Å²) in [6, 6.07) is 7.16. The fourth-order valence-corrected chi connectivity index (χ4v) is 1.73. The molecule has 2 rings (SSSR count). The molecule has 0 amide bonds. The van der Waals surface area contributed by atoms with Gasteiger partial charge in [-0.25, -0.2) is 4.39 Å². The maximum atomic E-state index is 13.4. The first-order valence-corrected chi connectivity index (χ1v) is 5.08. The van der Waals surface area contributed by atoms with Crippen molar-refractivity contribution in [1.29, 1.82) is 5.26 Å². The summed E-state index contributed by atoms with van der Waals surface area (Å²) in [6.45, 7) is 2.28. The van der Waals surface area contributed by atoms with E-state index in [2.05, 4.69) is 6.07 Å². The maximum absolute atomic E-state index is 13.4. The van der Waals surface area contributed by atoms with E-state index >= 15 is 0 Å². The Morgan fingerprint density at radius 1 is 1.60 bits per heavy atom. The Morgan fingerprint density at radius 3 is 2.93 bits per heavy atom. The number of nitrogens with zero attached hydrogens (tertiary/aromatic N) is 1. The van der Waals surface area contributed by atoms with Gasteiger partial charge in [-0.3, -0.25) is 0 Å². The van der Waals surface area contributed by atoms with E-state index in [0.29, 0.717) is 6.61 Å². The average molecular weight is 205 g/mol. The fraction of sp³-hybridized carbons (Fsp3) is 0.417. The van der Waals surface area contributed by atoms with E-state index in [1.807, 2.05) is 13.0 Å². The van der Waals surface area contributed by atoms with Crippen molar-refractivity contribution < 1.29 is 9.13 Å². The van der Waals surface area contributed by atoms with Crippen LogP contribution in [0.3, 0.4) is 0 Å². The number of benzene rings is 1. The SMILES string of the molecule is CCOc1ccc(C2CC2C#N)cc1F. The van der Waals surface area contributed by atoms with Crippen molar-refractivity contribution >= 4 is 0 Å². The normalized spacial score (nSPS) is 23.3. The van der Waals surface area contributed by atoms with Gasteiger partial charge in [0.25, 0.3) is 0 Å². The van der Waals surface area contributed by atoms with Gasteiger partial charge in [-0.2, -0.15) is 5.26 Å². The van der Waals surface area contributed by atoms with Crippen LogP contribution in [0.15, 0.2) is 18.2 Å². The second-order valence-electron chi connectivity index (χ2n) is 3.70. The molecule has 3 heteroatoms. The van der Waals surface area contributed by atoms with Gasteiger partial charge in [0, 0.05) is 5.92 Å². The van der Waals surface area contributed by atoms with Gasteiger partial charge in [-0.1, -0.05) is 6.07 Å². The number of nitriles is 1. The Hall–Kier alpha value is -1.56. The van der Waals surface area contributed by atoms with Crippen molar-refractivity contribution in [2.24, 2.45) is 5.92 Å². The molecule has 0 N–H and O–H groups in total. The molecule has 2 nitrogen and oxygen atoms in total. The monoisotopic (exact) mass is 205 g/mol. The van der Waals surface area contributed by atoms with Crippen LogP contribution in [0.4, 0.5) is 4.39 Å². The highest BCUT2D eigenvalue weighted by Crippen LogP contribution is 2.47. The summed E-state index contributed by atoms with van der Waals surface area (Å²) < 4.78 is 18.6. The number of ether oxygens (including phenoxy) is 1. The zero-order chi connectivity index (χ0) is 10.8. The van der Waals surface area contributed by atoms with Gasteiger partial charge < -0.3 is 4.74 Å². The third-order valence-corrected chi connectivity index (χ3v) is 2.64. The van der Waals surface area contributed by atoms with Crippen LogP contribution in [0.5, 0.6) is 5.75 Å². The number of hydrogen-bond donors (Lipinski definition) is 0. The Morgan fingerprint density at radius 2 is 2.40 bits per heavy atom. The van der Waals surface area contributed by atoms with Crippen LogP contribution in [0.2, 0.25) is 0 Å². The lowest BCUT2D eigenvalue weighted by Gasteiger charge is -2.05. The van der Waals surface area contributed by atoms with Crippen LogP contribution >= 0.6 is 0 Å². The first-order valence-electron chi connectivity index (χ1n) is 5.08. The summed E-state index contributed by atoms with van der Waals surface area (Å²) in [5.74, 6) is 0.246. The summed E-state index contributed by atoms with van der Waals surface area (Å²) in [6.07, 6.45) is 0.851. The van der Waals surface area contributed by atoms with Crippen LogP contribution in [-0.4, -0.2) is 6.61 Å². The number of hydrogen-bond acceptors (Lipinski definition) is 2. The van der Waals surface area contributed by atoms with E-state index in [9.17, 15) is 4.39 Å². The van der Waals surface area contributed by atoms with Gasteiger partial charge in [-0.05, 0) is 31.0 Å². The van der Waals surface area contributed by atoms with Crippen LogP contribution in [-0.2, 0) is 0 Å². The molecule has 78 valence electrons. The minimum atomic E-state index is -0.335. The van der Waals surface area contributed by atoms with Crippen LogP contribution in [0.25, 0.3) is 0 Å². The molecule has 1 aromatic carbocycles. The summed E-state index contributed by atoms with van der Waals surface area (Å²) in [4.78, 5) is 0. The fourth-order valence-electron chi connectivity index (χ4n) is 1.73. The van der Waals surface area contributed by atoms with Crippen LogP contribution in [0, 0.1) is 23.1 Å². The molecule has 0 bridgehead atoms. The minimum Gasteiger partial charge on any atom is -0.491 e. The first-order chi connectivity index (χ1) is 7.26. The number of halogens is 1. The topological polar surface area (TPSA) is 33.0 Å². The van der Waals surface area contributed by atoms with E-state index in [1.165, 1.54) is 6.07 Å². The quantitative estimate of drug-likeness (QED) is 0.760. The predicted molar refractivity (Wildman–Crippen MR) is 54.0 cm³/mol. The Balaban J connectivity index is 2.16. The second kappa shape index (κ2) is 3.90. The molecular weight excluding hydrogens is 193 g/mol. The lowest BCUT2D eigenvalue weighted by atomic mass is 10.1. The van der Waals surface area contributed by atoms with E-state index < -0.39 is 0 Å². The van der Waals surface area contributed by atoms with E-state index in [0.717, 1.165) is 12.0 Å². The molecule has 15 heavy (non-hydrogen) atoms. The zero-order valence-electron chi connectivity index (χ0n) is 8.53. The van der Waals surface area contributed by atoms with Crippen molar-refractivity contribution in [2.45, 2.75) is 19.3 Å². The third-order valence-electron chi connectivity index (χ3n) is 2.64. The molecule has 1 saturated carbocycles. The molecule has 0 saturated heterocycles. The molecule has 0 heterocycles. The highest BCUT2D eigenvalue weighted by molar-refractivity contribution is 5.35. The van der Waals surface area contributed by atoms with E-state index in [4.69, 9.17) is 10.00 Å². The Bertz CT molecular complexity index is 411. The van der Waals surface area contributed by atoms with Crippen molar-refractivity contribution in [3.05, 3.63) is 29.6 Å². The van der Waals surface area contributed by atoms with Crippen molar-refractivity contribution in [1.82, 2.24) is 0 Å². The van der Waals surface area contributed by atoms with Crippen molar-refractivity contribution in [3.8, 4) is 11.8 Å². The smallest absolute Gasteiger partial charge is 0.165 e. The molecule has 1 aliphatic rings. The summed E-state index contributed by atoms with van der Waals surface area (Å²) >= 11 is 0. The average Bonchev–Trinajstić information content (AvgIpc) is 3.00. The van der Waals surface area contributed by atoms with Gasteiger partial charge in [0.1, 0.15) is 0 Å². The molecule has 1 aromatic rings. The standard InChI is InChI=1S/C12H12FNO/c1-2-15-12-4-3-8(6-11(12)13)10-5-9(10)7-14/h3-4,6,9-10H,2,5H2,1H3. The molecular formula is C12H12FNO. The van der Waals surface area contributed by atoms with Crippen molar-refractivity contribution in [3.63, 3.8) is 0 Å². The van der Waals surface area contributed by atoms with E-state index in [-0.39, 0.29) is 23.4 Å². The van der Waals surface area contributed by atoms with Crippen molar-refractivity contribution in [2.75, 3.05) is 6.61 Å². The third kappa shape index (κ3) is 1.94. The number of rotatable bonds is 3. The molecule has 1 aliphatic carbocycles. The Labute approximate surface area is 88.3 Å². The van der Waals surface area contributed by atoms with Crippen LogP contribution in [0.1, 0.15) is 24.8 Å². The van der Waals surface area contributed by atoms with Gasteiger partial charge in [0.05, 0.1) is 18.6 Å². The van der Waals surface area contributed by atoms with Gasteiger partial charge in [0.15, 0.2) is 11.6 Å². The molecule has 0 aromatic heterocycles. The highest BCUT2D eigenvalue weighted by atomic mass is 19.1. The predicted octanol–water partition coefficient (Wildman–Crippen LogP) is 2.85. The molecule has 1 fully saturated rings. The summed E-state index contributed by atoms with van der Waals surface area (Å²) in [5, 5.41) is 8.68. The van der Waals surface area contributed by atoms with Gasteiger partial charge in [-0.15, -0.1) is 0 Å². The maximum Gasteiger partial charge on any atom is 0.165 e. The minimum absolute atomic E-state index is 0.0716. The van der Waals surface area contributed by atoms with Gasteiger partial charge in [0.2, 0.25) is 0 Å². The zero-order valence-corrected chi connectivity index (χ0v) is 8.53. The van der Waals surface area contributed by atoms with Gasteiger partial charge >= 0.3 is 0 Å². The lowest BCUT2D eigenvalue weighted by Crippen LogP contribution is -1.95. The highest BCUT2D eigenvalue weighted by Gasteiger charge is 2.38. The molecule has 0 radical (unpaired) electrons. The molecule has 2 unspecified atom stereocenters. The largest absolute Gasteiger partial charge is 0.491 e. The molecule has 0 aliphatic heterocycles. The van der Waals surface area contributed by atoms with Crippen LogP contribution < -0.4 is 4.74 Å². The summed E-state index contributed by atoms with van der Waals surface area (Å²) in [5.41, 5.74) is 0.905. The summed E-state index contributed by atoms with van der Waals surface area (Å²) in [7, 11) is 0. The molecule has 2 atom stereocenters.